The number of carbonyl (C=O) groups excluding carboxylic acids is 1. The number of ether oxygens (including phenoxy) is 3. The minimum atomic E-state index is -0.249. The summed E-state index contributed by atoms with van der Waals surface area (Å²) in [6.45, 7) is 1.01. The van der Waals surface area contributed by atoms with Crippen molar-refractivity contribution in [3.8, 4) is 17.2 Å². The highest BCUT2D eigenvalue weighted by Gasteiger charge is 2.16. The maximum absolute atomic E-state index is 13.1. The number of anilines is 3. The minimum absolute atomic E-state index is 0.249. The van der Waals surface area contributed by atoms with E-state index in [0.717, 1.165) is 22.2 Å². The predicted octanol–water partition coefficient (Wildman–Crippen LogP) is 5.01. The Labute approximate surface area is 185 Å². The summed E-state index contributed by atoms with van der Waals surface area (Å²) in [5.74, 6) is 2.49. The number of methoxy groups -OCH3 is 1. The van der Waals surface area contributed by atoms with Crippen LogP contribution in [0, 0.1) is 0 Å². The Morgan fingerprint density at radius 3 is 2.41 bits per heavy atom. The molecule has 0 bridgehead atoms. The third kappa shape index (κ3) is 3.88. The van der Waals surface area contributed by atoms with Crippen molar-refractivity contribution in [2.75, 3.05) is 31.0 Å². The maximum Gasteiger partial charge on any atom is 0.257 e. The Hall–Kier alpha value is -4.26. The number of aromatic nitrogens is 1. The Kier molecular flexibility index (Phi) is 5.21. The first-order valence-electron chi connectivity index (χ1n) is 10.2. The Balaban J connectivity index is 1.43. The lowest BCUT2D eigenvalue weighted by atomic mass is 10.1. The molecule has 5 rings (SSSR count). The van der Waals surface area contributed by atoms with Crippen molar-refractivity contribution in [3.63, 3.8) is 0 Å². The summed E-state index contributed by atoms with van der Waals surface area (Å²) >= 11 is 0. The molecule has 2 heterocycles. The van der Waals surface area contributed by atoms with Gasteiger partial charge in [0.25, 0.3) is 5.91 Å². The molecule has 0 saturated carbocycles. The van der Waals surface area contributed by atoms with Gasteiger partial charge in [0.15, 0.2) is 11.5 Å². The van der Waals surface area contributed by atoms with Gasteiger partial charge in [-0.15, -0.1) is 0 Å². The van der Waals surface area contributed by atoms with Crippen LogP contribution in [0.4, 0.5) is 17.2 Å². The van der Waals surface area contributed by atoms with Crippen LogP contribution in [0.1, 0.15) is 10.4 Å². The molecule has 7 nitrogen and oxygen atoms in total. The molecule has 0 fully saturated rings. The molecule has 1 aliphatic rings. The molecule has 160 valence electrons. The van der Waals surface area contributed by atoms with E-state index >= 15 is 0 Å². The van der Waals surface area contributed by atoms with Gasteiger partial charge in [-0.25, -0.2) is 4.98 Å². The van der Waals surface area contributed by atoms with Gasteiger partial charge in [-0.3, -0.25) is 4.79 Å². The summed E-state index contributed by atoms with van der Waals surface area (Å²) < 4.78 is 16.4. The van der Waals surface area contributed by atoms with Crippen LogP contribution in [0.25, 0.3) is 10.8 Å². The molecule has 0 unspecified atom stereocenters. The standard InChI is InChI=1S/C25H21N3O4/c1-30-18-9-6-16(7-10-18)27-24-20-5-3-2-4-19(20)21(15-26-24)25(29)28-17-8-11-22-23(14-17)32-13-12-31-22/h2-11,14-15H,12-13H2,1H3,(H,26,27)(H,28,29). The van der Waals surface area contributed by atoms with Gasteiger partial charge in [0, 0.05) is 29.0 Å². The van der Waals surface area contributed by atoms with Crippen LogP contribution in [-0.4, -0.2) is 31.2 Å². The Bertz CT molecular complexity index is 1290. The zero-order valence-corrected chi connectivity index (χ0v) is 17.4. The fourth-order valence-electron chi connectivity index (χ4n) is 3.60. The second-order valence-electron chi connectivity index (χ2n) is 7.23. The average molecular weight is 427 g/mol. The molecule has 3 aromatic carbocycles. The second kappa shape index (κ2) is 8.47. The van der Waals surface area contributed by atoms with Crippen molar-refractivity contribution < 1.29 is 19.0 Å². The highest BCUT2D eigenvalue weighted by molar-refractivity contribution is 6.14. The van der Waals surface area contributed by atoms with Crippen LogP contribution >= 0.6 is 0 Å². The van der Waals surface area contributed by atoms with Gasteiger partial charge in [0.2, 0.25) is 0 Å². The molecule has 1 aliphatic heterocycles. The third-order valence-corrected chi connectivity index (χ3v) is 5.19. The first-order valence-corrected chi connectivity index (χ1v) is 10.2. The van der Waals surface area contributed by atoms with Crippen LogP contribution in [0.5, 0.6) is 17.2 Å². The lowest BCUT2D eigenvalue weighted by Crippen LogP contribution is -2.16. The van der Waals surface area contributed by atoms with E-state index in [0.29, 0.717) is 41.8 Å². The first-order chi connectivity index (χ1) is 15.7. The number of carbonyl (C=O) groups is 1. The molecule has 2 N–H and O–H groups in total. The van der Waals surface area contributed by atoms with Crippen LogP contribution in [0.3, 0.4) is 0 Å². The van der Waals surface area contributed by atoms with Crippen molar-refractivity contribution in [2.45, 2.75) is 0 Å². The molecular formula is C25H21N3O4. The summed E-state index contributed by atoms with van der Waals surface area (Å²) in [5.41, 5.74) is 1.98. The highest BCUT2D eigenvalue weighted by atomic mass is 16.6. The number of benzene rings is 3. The van der Waals surface area contributed by atoms with E-state index < -0.39 is 0 Å². The van der Waals surface area contributed by atoms with Gasteiger partial charge in [0.1, 0.15) is 24.8 Å². The molecular weight excluding hydrogens is 406 g/mol. The summed E-state index contributed by atoms with van der Waals surface area (Å²) in [6, 6.07) is 20.6. The van der Waals surface area contributed by atoms with E-state index in [-0.39, 0.29) is 5.91 Å². The van der Waals surface area contributed by atoms with Crippen LogP contribution in [0.2, 0.25) is 0 Å². The van der Waals surface area contributed by atoms with Gasteiger partial charge in [-0.2, -0.15) is 0 Å². The molecule has 1 aromatic heterocycles. The largest absolute Gasteiger partial charge is 0.497 e. The highest BCUT2D eigenvalue weighted by Crippen LogP contribution is 2.33. The summed E-state index contributed by atoms with van der Waals surface area (Å²) in [4.78, 5) is 17.6. The van der Waals surface area contributed by atoms with Crippen LogP contribution < -0.4 is 24.8 Å². The number of pyridine rings is 1. The van der Waals surface area contributed by atoms with E-state index in [2.05, 4.69) is 15.6 Å². The molecule has 1 amide bonds. The fraction of sp³-hybridized carbons (Fsp3) is 0.120. The number of amides is 1. The quantitative estimate of drug-likeness (QED) is 0.466. The summed E-state index contributed by atoms with van der Waals surface area (Å²) in [6.07, 6.45) is 1.58. The second-order valence-corrected chi connectivity index (χ2v) is 7.23. The number of nitrogens with one attached hydrogen (secondary N) is 2. The van der Waals surface area contributed by atoms with Crippen molar-refractivity contribution in [1.82, 2.24) is 4.98 Å². The number of rotatable bonds is 5. The van der Waals surface area contributed by atoms with Crippen molar-refractivity contribution >= 4 is 33.9 Å². The van der Waals surface area contributed by atoms with E-state index in [1.165, 1.54) is 0 Å². The summed E-state index contributed by atoms with van der Waals surface area (Å²) in [7, 11) is 1.63. The number of nitrogens with zero attached hydrogens (tertiary/aromatic N) is 1. The third-order valence-electron chi connectivity index (χ3n) is 5.19. The topological polar surface area (TPSA) is 81.7 Å². The number of fused-ring (bicyclic) bond motifs is 2. The lowest BCUT2D eigenvalue weighted by Gasteiger charge is -2.19. The first kappa shape index (κ1) is 19.7. The summed E-state index contributed by atoms with van der Waals surface area (Å²) in [5, 5.41) is 7.90. The maximum atomic E-state index is 13.1. The van der Waals surface area contributed by atoms with Gasteiger partial charge >= 0.3 is 0 Å². The normalized spacial score (nSPS) is 12.3. The van der Waals surface area contributed by atoms with Gasteiger partial charge in [-0.05, 0) is 41.8 Å². The molecule has 7 heteroatoms. The molecule has 0 saturated heterocycles. The molecule has 0 radical (unpaired) electrons. The lowest BCUT2D eigenvalue weighted by molar-refractivity contribution is 0.102. The van der Waals surface area contributed by atoms with E-state index in [1.54, 1.807) is 31.5 Å². The number of hydrogen-bond donors (Lipinski definition) is 2. The van der Waals surface area contributed by atoms with Gasteiger partial charge < -0.3 is 24.8 Å². The van der Waals surface area contributed by atoms with Crippen LogP contribution in [-0.2, 0) is 0 Å². The molecule has 0 spiro atoms. The van der Waals surface area contributed by atoms with Crippen molar-refractivity contribution in [3.05, 3.63) is 78.5 Å². The molecule has 0 aliphatic carbocycles. The number of hydrogen-bond acceptors (Lipinski definition) is 6. The molecule has 0 atom stereocenters. The van der Waals surface area contributed by atoms with E-state index in [4.69, 9.17) is 14.2 Å². The Morgan fingerprint density at radius 1 is 0.906 bits per heavy atom. The predicted molar refractivity (Wildman–Crippen MR) is 123 cm³/mol. The SMILES string of the molecule is COc1ccc(Nc2ncc(C(=O)Nc3ccc4c(c3)OCCO4)c3ccccc23)cc1. The van der Waals surface area contributed by atoms with Crippen molar-refractivity contribution in [1.29, 1.82) is 0 Å². The van der Waals surface area contributed by atoms with Crippen molar-refractivity contribution in [2.24, 2.45) is 0 Å². The van der Waals surface area contributed by atoms with Gasteiger partial charge in [-0.1, -0.05) is 24.3 Å². The zero-order valence-electron chi connectivity index (χ0n) is 17.4. The monoisotopic (exact) mass is 427 g/mol. The zero-order chi connectivity index (χ0) is 21.9. The average Bonchev–Trinajstić information content (AvgIpc) is 2.84. The fourth-order valence-corrected chi connectivity index (χ4v) is 3.60. The Morgan fingerprint density at radius 2 is 1.62 bits per heavy atom. The molecule has 4 aromatic rings. The minimum Gasteiger partial charge on any atom is -0.497 e. The smallest absolute Gasteiger partial charge is 0.257 e. The van der Waals surface area contributed by atoms with Gasteiger partial charge in [0.05, 0.1) is 12.7 Å². The molecule has 32 heavy (non-hydrogen) atoms. The van der Waals surface area contributed by atoms with Crippen LogP contribution in [0.15, 0.2) is 72.9 Å². The van der Waals surface area contributed by atoms with E-state index in [1.807, 2.05) is 48.5 Å². The van der Waals surface area contributed by atoms with E-state index in [9.17, 15) is 4.79 Å².